The zero-order valence-electron chi connectivity index (χ0n) is 5.96. The minimum Gasteiger partial charge on any atom is -0.0842 e. The van der Waals surface area contributed by atoms with Gasteiger partial charge in [-0.1, -0.05) is 42.5 Å². The molecule has 0 bridgehead atoms. The maximum Gasteiger partial charge on any atom is -0.0227 e. The minimum absolute atomic E-state index is 1.09. The molecule has 0 aromatic heterocycles. The third-order valence-corrected chi connectivity index (χ3v) is 1.26. The van der Waals surface area contributed by atoms with Crippen molar-refractivity contribution in [2.45, 2.75) is 12.8 Å². The molecule has 0 aromatic rings. The lowest BCUT2D eigenvalue weighted by atomic mass is 10.2. The van der Waals surface area contributed by atoms with Gasteiger partial charge >= 0.3 is 0 Å². The molecule has 10 heavy (non-hydrogen) atoms. The van der Waals surface area contributed by atoms with E-state index in [2.05, 4.69) is 24.3 Å². The van der Waals surface area contributed by atoms with Crippen LogP contribution >= 0.6 is 0 Å². The summed E-state index contributed by atoms with van der Waals surface area (Å²) in [5, 5.41) is 0. The third kappa shape index (κ3) is 3.08. The highest BCUT2D eigenvalue weighted by Gasteiger charge is 1.75. The van der Waals surface area contributed by atoms with Crippen molar-refractivity contribution >= 4 is 0 Å². The molecule has 0 saturated carbocycles. The van der Waals surface area contributed by atoms with Gasteiger partial charge in [-0.3, -0.25) is 0 Å². The molecule has 0 spiro atoms. The second-order valence-corrected chi connectivity index (χ2v) is 2.12. The maximum absolute atomic E-state index is 3.06. The standard InChI is InChI=1S/C10H11/c1-2-4-6-8-10-9-7-5-3-1/h1-6,10H,7,9H2/b2-1+,5-3-,6-4-,10-8?. The van der Waals surface area contributed by atoms with Crippen molar-refractivity contribution in [2.75, 3.05) is 0 Å². The fourth-order valence-corrected chi connectivity index (χ4v) is 0.745. The molecule has 0 saturated heterocycles. The van der Waals surface area contributed by atoms with Crippen LogP contribution in [0.3, 0.4) is 0 Å². The van der Waals surface area contributed by atoms with E-state index in [1.807, 2.05) is 24.3 Å². The molecule has 1 aliphatic rings. The SMILES string of the molecule is [C]1=C/CC\C=C/C=C/C=C\1. The van der Waals surface area contributed by atoms with E-state index < -0.39 is 0 Å². The van der Waals surface area contributed by atoms with Crippen molar-refractivity contribution < 1.29 is 0 Å². The fraction of sp³-hybridized carbons (Fsp3) is 0.200. The van der Waals surface area contributed by atoms with E-state index in [0.29, 0.717) is 0 Å². The van der Waals surface area contributed by atoms with Gasteiger partial charge in [0.25, 0.3) is 0 Å². The monoisotopic (exact) mass is 131 g/mol. The van der Waals surface area contributed by atoms with Crippen LogP contribution in [0.4, 0.5) is 0 Å². The van der Waals surface area contributed by atoms with Gasteiger partial charge in [-0.25, -0.2) is 0 Å². The van der Waals surface area contributed by atoms with E-state index in [-0.39, 0.29) is 0 Å². The molecule has 0 atom stereocenters. The minimum atomic E-state index is 1.09. The van der Waals surface area contributed by atoms with Gasteiger partial charge in [0.1, 0.15) is 0 Å². The highest BCUT2D eigenvalue weighted by molar-refractivity contribution is 5.14. The third-order valence-electron chi connectivity index (χ3n) is 1.26. The van der Waals surface area contributed by atoms with Crippen molar-refractivity contribution in [1.29, 1.82) is 0 Å². The Hall–Kier alpha value is -1.04. The van der Waals surface area contributed by atoms with Crippen LogP contribution in [0.1, 0.15) is 12.8 Å². The van der Waals surface area contributed by atoms with Crippen LogP contribution in [-0.2, 0) is 0 Å². The first-order chi connectivity index (χ1) is 5.00. The lowest BCUT2D eigenvalue weighted by Crippen LogP contribution is -1.65. The van der Waals surface area contributed by atoms with Crippen molar-refractivity contribution in [1.82, 2.24) is 0 Å². The predicted octanol–water partition coefficient (Wildman–Crippen LogP) is 2.81. The van der Waals surface area contributed by atoms with Gasteiger partial charge in [-0.2, -0.15) is 0 Å². The lowest BCUT2D eigenvalue weighted by Gasteiger charge is -1.84. The van der Waals surface area contributed by atoms with E-state index >= 15 is 0 Å². The maximum atomic E-state index is 3.06. The first-order valence-corrected chi connectivity index (χ1v) is 3.56. The summed E-state index contributed by atoms with van der Waals surface area (Å²) in [5.41, 5.74) is 0. The topological polar surface area (TPSA) is 0 Å². The Kier molecular flexibility index (Phi) is 3.40. The normalized spacial score (nSPS) is 30.4. The van der Waals surface area contributed by atoms with Gasteiger partial charge < -0.3 is 0 Å². The molecule has 0 fully saturated rings. The molecule has 0 heteroatoms. The van der Waals surface area contributed by atoms with Crippen molar-refractivity contribution in [2.24, 2.45) is 0 Å². The van der Waals surface area contributed by atoms with Gasteiger partial charge in [-0.05, 0) is 18.9 Å². The van der Waals surface area contributed by atoms with Gasteiger partial charge in [0.15, 0.2) is 0 Å². The highest BCUT2D eigenvalue weighted by atomic mass is 13.8. The summed E-state index contributed by atoms with van der Waals surface area (Å²) in [7, 11) is 0. The molecule has 0 N–H and O–H groups in total. The fourth-order valence-electron chi connectivity index (χ4n) is 0.745. The predicted molar refractivity (Wildman–Crippen MR) is 44.5 cm³/mol. The van der Waals surface area contributed by atoms with Gasteiger partial charge in [0, 0.05) is 0 Å². The van der Waals surface area contributed by atoms with Crippen LogP contribution < -0.4 is 0 Å². The van der Waals surface area contributed by atoms with Crippen LogP contribution in [0.5, 0.6) is 0 Å². The van der Waals surface area contributed by atoms with Crippen LogP contribution in [0.15, 0.2) is 42.5 Å². The van der Waals surface area contributed by atoms with E-state index in [1.165, 1.54) is 0 Å². The molecular weight excluding hydrogens is 120 g/mol. The van der Waals surface area contributed by atoms with E-state index in [4.69, 9.17) is 0 Å². The Labute approximate surface area is 62.3 Å². The Bertz CT molecular complexity index is 158. The zero-order valence-corrected chi connectivity index (χ0v) is 5.96. The van der Waals surface area contributed by atoms with E-state index in [0.717, 1.165) is 12.8 Å². The summed E-state index contributed by atoms with van der Waals surface area (Å²) in [6.07, 6.45) is 19.5. The quantitative estimate of drug-likeness (QED) is 0.474. The van der Waals surface area contributed by atoms with Crippen LogP contribution in [-0.4, -0.2) is 0 Å². The summed E-state index contributed by atoms with van der Waals surface area (Å²) >= 11 is 0. The van der Waals surface area contributed by atoms with Crippen LogP contribution in [0.2, 0.25) is 0 Å². The molecule has 0 amide bonds. The van der Waals surface area contributed by atoms with Crippen molar-refractivity contribution in [3.63, 3.8) is 0 Å². The summed E-state index contributed by atoms with van der Waals surface area (Å²) < 4.78 is 0. The number of hydrogen-bond acceptors (Lipinski definition) is 0. The summed E-state index contributed by atoms with van der Waals surface area (Å²) in [6, 6.07) is 0. The van der Waals surface area contributed by atoms with E-state index in [1.54, 1.807) is 0 Å². The number of allylic oxidation sites excluding steroid dienone is 8. The molecule has 0 heterocycles. The van der Waals surface area contributed by atoms with Crippen LogP contribution in [0.25, 0.3) is 0 Å². The average molecular weight is 131 g/mol. The molecule has 0 aromatic carbocycles. The summed E-state index contributed by atoms with van der Waals surface area (Å²) in [4.78, 5) is 0. The van der Waals surface area contributed by atoms with Gasteiger partial charge in [-0.15, -0.1) is 0 Å². The van der Waals surface area contributed by atoms with Gasteiger partial charge in [0.05, 0.1) is 0 Å². The largest absolute Gasteiger partial charge is 0.0842 e. The number of hydrogen-bond donors (Lipinski definition) is 0. The number of rotatable bonds is 0. The molecule has 0 aliphatic heterocycles. The van der Waals surface area contributed by atoms with E-state index in [9.17, 15) is 0 Å². The second-order valence-electron chi connectivity index (χ2n) is 2.12. The summed E-state index contributed by atoms with van der Waals surface area (Å²) in [6.45, 7) is 0. The smallest absolute Gasteiger partial charge is 0.0227 e. The summed E-state index contributed by atoms with van der Waals surface area (Å²) in [5.74, 6) is 0. The Balaban J connectivity index is 2.53. The Morgan fingerprint density at radius 3 is 2.80 bits per heavy atom. The van der Waals surface area contributed by atoms with Crippen molar-refractivity contribution in [3.8, 4) is 0 Å². The molecule has 51 valence electrons. The van der Waals surface area contributed by atoms with Gasteiger partial charge in [0.2, 0.25) is 0 Å². The molecular formula is C10H11. The Morgan fingerprint density at radius 1 is 0.900 bits per heavy atom. The highest BCUT2D eigenvalue weighted by Crippen LogP contribution is 1.95. The molecule has 0 unspecified atom stereocenters. The average Bonchev–Trinajstić information content (AvgIpc) is 2.01. The first-order valence-electron chi connectivity index (χ1n) is 3.56. The Morgan fingerprint density at radius 2 is 1.80 bits per heavy atom. The molecule has 1 rings (SSSR count). The molecule has 1 aliphatic carbocycles. The molecule has 1 radical (unpaired) electrons. The first kappa shape index (κ1) is 7.07. The van der Waals surface area contributed by atoms with Crippen molar-refractivity contribution in [3.05, 3.63) is 48.6 Å². The zero-order chi connectivity index (χ0) is 7.07. The second kappa shape index (κ2) is 4.80. The lowest BCUT2D eigenvalue weighted by molar-refractivity contribution is 1.05. The molecule has 0 nitrogen and oxygen atoms in total. The van der Waals surface area contributed by atoms with Crippen LogP contribution in [0, 0.1) is 6.08 Å².